The molecule has 1 amide bonds. The van der Waals surface area contributed by atoms with Gasteiger partial charge >= 0.3 is 0 Å². The maximum Gasteiger partial charge on any atom is 0.255 e. The molecule has 2 aromatic carbocycles. The van der Waals surface area contributed by atoms with E-state index in [1.165, 1.54) is 6.07 Å². The van der Waals surface area contributed by atoms with E-state index >= 15 is 0 Å². The Balaban J connectivity index is 1.73. The number of nitrogens with one attached hydrogen (secondary N) is 2. The van der Waals surface area contributed by atoms with Crippen molar-refractivity contribution in [3.63, 3.8) is 0 Å². The second-order valence-electron chi connectivity index (χ2n) is 11.4. The molecule has 4 N–H and O–H groups in total. The summed E-state index contributed by atoms with van der Waals surface area (Å²) in [6.45, 7) is 12.5. The SMILES string of the molecule is Cc1cc(N)c(S(=O)(=O)N[C@H]2CC[C@H](O[Si](C)(C)C(C)(C)C)CC2)cc1C(=O)Nc1cc(F)c(F)c(F)c1. The maximum atomic E-state index is 13.5. The molecule has 0 bridgehead atoms. The Morgan fingerprint density at radius 2 is 1.58 bits per heavy atom. The van der Waals surface area contributed by atoms with Gasteiger partial charge in [0.25, 0.3) is 5.91 Å². The Morgan fingerprint density at radius 3 is 2.11 bits per heavy atom. The van der Waals surface area contributed by atoms with Gasteiger partial charge in [-0.25, -0.2) is 26.3 Å². The van der Waals surface area contributed by atoms with Gasteiger partial charge in [0.1, 0.15) is 4.90 Å². The number of benzene rings is 2. The smallest absolute Gasteiger partial charge is 0.255 e. The summed E-state index contributed by atoms with van der Waals surface area (Å²) in [5, 5.41) is 2.35. The molecule has 38 heavy (non-hydrogen) atoms. The summed E-state index contributed by atoms with van der Waals surface area (Å²) >= 11 is 0. The van der Waals surface area contributed by atoms with Crippen molar-refractivity contribution in [1.29, 1.82) is 0 Å². The highest BCUT2D eigenvalue weighted by Gasteiger charge is 2.40. The average molecular weight is 572 g/mol. The number of halogens is 3. The maximum absolute atomic E-state index is 13.5. The minimum Gasteiger partial charge on any atom is -0.414 e. The summed E-state index contributed by atoms with van der Waals surface area (Å²) in [6.07, 6.45) is 2.72. The third kappa shape index (κ3) is 6.77. The van der Waals surface area contributed by atoms with Crippen molar-refractivity contribution < 1.29 is 30.8 Å². The number of hydrogen-bond acceptors (Lipinski definition) is 5. The lowest BCUT2D eigenvalue weighted by Crippen LogP contribution is -2.46. The van der Waals surface area contributed by atoms with Gasteiger partial charge in [0, 0.05) is 35.5 Å². The van der Waals surface area contributed by atoms with E-state index in [1.807, 2.05) is 0 Å². The van der Waals surface area contributed by atoms with Crippen LogP contribution in [-0.4, -0.2) is 34.8 Å². The fourth-order valence-electron chi connectivity index (χ4n) is 4.19. The molecule has 0 spiro atoms. The third-order valence-corrected chi connectivity index (χ3v) is 13.5. The molecule has 1 saturated carbocycles. The predicted octanol–water partition coefficient (Wildman–Crippen LogP) is 5.86. The lowest BCUT2D eigenvalue weighted by molar-refractivity contribution is 0.102. The van der Waals surface area contributed by atoms with Crippen LogP contribution in [0.5, 0.6) is 0 Å². The van der Waals surface area contributed by atoms with E-state index in [4.69, 9.17) is 10.2 Å². The summed E-state index contributed by atoms with van der Waals surface area (Å²) in [5.74, 6) is -5.42. The molecule has 0 unspecified atom stereocenters. The van der Waals surface area contributed by atoms with E-state index in [-0.39, 0.29) is 39.0 Å². The highest BCUT2D eigenvalue weighted by molar-refractivity contribution is 7.89. The van der Waals surface area contributed by atoms with Crippen LogP contribution in [-0.2, 0) is 14.4 Å². The van der Waals surface area contributed by atoms with E-state index in [9.17, 15) is 26.4 Å². The van der Waals surface area contributed by atoms with Gasteiger partial charge in [-0.05, 0) is 68.4 Å². The van der Waals surface area contributed by atoms with Crippen LogP contribution in [0.15, 0.2) is 29.2 Å². The Kier molecular flexibility index (Phi) is 8.71. The van der Waals surface area contributed by atoms with E-state index in [1.54, 1.807) is 6.92 Å². The lowest BCUT2D eigenvalue weighted by atomic mass is 9.94. The zero-order valence-corrected chi connectivity index (χ0v) is 24.4. The van der Waals surface area contributed by atoms with Crippen molar-refractivity contribution in [1.82, 2.24) is 4.72 Å². The Bertz CT molecular complexity index is 1300. The Morgan fingerprint density at radius 1 is 1.03 bits per heavy atom. The first kappa shape index (κ1) is 30.1. The zero-order chi connectivity index (χ0) is 28.6. The van der Waals surface area contributed by atoms with Crippen molar-refractivity contribution in [2.75, 3.05) is 11.1 Å². The lowest BCUT2D eigenvalue weighted by Gasteiger charge is -2.41. The quantitative estimate of drug-likeness (QED) is 0.219. The monoisotopic (exact) mass is 571 g/mol. The molecule has 0 aliphatic heterocycles. The molecule has 12 heteroatoms. The standard InChI is InChI=1S/C26H36F3N3O4SSi/c1-15-11-22(30)23(14-19(15)25(33)31-17-12-20(27)24(29)21(28)13-17)37(34,35)32-16-7-9-18(10-8-16)36-38(5,6)26(2,3)4/h11-14,16,18,32H,7-10,30H2,1-6H3,(H,31,33)/t16-,18-. The summed E-state index contributed by atoms with van der Waals surface area (Å²) in [6, 6.07) is 3.42. The number of amides is 1. The summed E-state index contributed by atoms with van der Waals surface area (Å²) in [4.78, 5) is 12.6. The van der Waals surface area contributed by atoms with Gasteiger partial charge < -0.3 is 15.5 Å². The Labute approximate surface area is 223 Å². The largest absolute Gasteiger partial charge is 0.414 e. The number of aryl methyl sites for hydroxylation is 1. The molecule has 0 radical (unpaired) electrons. The van der Waals surface area contributed by atoms with Gasteiger partial charge in [0.05, 0.1) is 5.69 Å². The van der Waals surface area contributed by atoms with E-state index in [0.717, 1.165) is 18.9 Å². The highest BCUT2D eigenvalue weighted by Crippen LogP contribution is 2.39. The summed E-state index contributed by atoms with van der Waals surface area (Å²) in [5.41, 5.74) is 5.95. The first-order valence-corrected chi connectivity index (χ1v) is 16.9. The second kappa shape index (κ2) is 11.0. The molecule has 2 aromatic rings. The second-order valence-corrected chi connectivity index (χ2v) is 17.8. The predicted molar refractivity (Wildman–Crippen MR) is 145 cm³/mol. The molecule has 3 rings (SSSR count). The molecule has 0 heterocycles. The van der Waals surface area contributed by atoms with Crippen molar-refractivity contribution in [3.05, 3.63) is 52.8 Å². The van der Waals surface area contributed by atoms with E-state index < -0.39 is 41.7 Å². The summed E-state index contributed by atoms with van der Waals surface area (Å²) in [7, 11) is -6.02. The van der Waals surface area contributed by atoms with Crippen molar-refractivity contribution >= 4 is 35.6 Å². The first-order chi connectivity index (χ1) is 17.4. The van der Waals surface area contributed by atoms with Crippen LogP contribution in [0, 0.1) is 24.4 Å². The van der Waals surface area contributed by atoms with Crippen LogP contribution in [0.4, 0.5) is 24.5 Å². The molecule has 1 aliphatic rings. The Hall–Kier alpha value is -2.41. The van der Waals surface area contributed by atoms with Crippen molar-refractivity contribution in [3.8, 4) is 0 Å². The number of rotatable bonds is 7. The molecular formula is C26H36F3N3O4SSi. The number of sulfonamides is 1. The van der Waals surface area contributed by atoms with Crippen LogP contribution in [0.1, 0.15) is 62.4 Å². The topological polar surface area (TPSA) is 111 Å². The molecular weight excluding hydrogens is 535 g/mol. The van der Waals surface area contributed by atoms with Crippen molar-refractivity contribution in [2.45, 2.75) is 88.6 Å². The minimum atomic E-state index is -4.09. The third-order valence-electron chi connectivity index (χ3n) is 7.40. The van der Waals surface area contributed by atoms with E-state index in [2.05, 4.69) is 43.9 Å². The highest BCUT2D eigenvalue weighted by atomic mass is 32.2. The van der Waals surface area contributed by atoms with Gasteiger partial charge in [0.15, 0.2) is 25.8 Å². The number of nitrogen functional groups attached to an aromatic ring is 1. The van der Waals surface area contributed by atoms with Gasteiger partial charge in [-0.1, -0.05) is 20.8 Å². The number of carbonyl (C=O) groups is 1. The fourth-order valence-corrected chi connectivity index (χ4v) is 7.06. The van der Waals surface area contributed by atoms with Crippen LogP contribution in [0.25, 0.3) is 0 Å². The van der Waals surface area contributed by atoms with E-state index in [0.29, 0.717) is 30.5 Å². The minimum absolute atomic E-state index is 0.0413. The molecule has 210 valence electrons. The normalized spacial score (nSPS) is 18.9. The van der Waals surface area contributed by atoms with Crippen LogP contribution in [0.3, 0.4) is 0 Å². The first-order valence-electron chi connectivity index (χ1n) is 12.5. The number of nitrogens with two attached hydrogens (primary N) is 1. The van der Waals surface area contributed by atoms with Crippen molar-refractivity contribution in [2.24, 2.45) is 0 Å². The fraction of sp³-hybridized carbons (Fsp3) is 0.500. The molecule has 0 saturated heterocycles. The summed E-state index contributed by atoms with van der Waals surface area (Å²) < 4.78 is 76.0. The molecule has 7 nitrogen and oxygen atoms in total. The van der Waals surface area contributed by atoms with Gasteiger partial charge in [-0.3, -0.25) is 4.79 Å². The van der Waals surface area contributed by atoms with Gasteiger partial charge in [0.2, 0.25) is 10.0 Å². The number of carbonyl (C=O) groups excluding carboxylic acids is 1. The molecule has 1 aliphatic carbocycles. The average Bonchev–Trinajstić information content (AvgIpc) is 2.77. The van der Waals surface area contributed by atoms with Crippen LogP contribution < -0.4 is 15.8 Å². The van der Waals surface area contributed by atoms with Gasteiger partial charge in [-0.15, -0.1) is 0 Å². The van der Waals surface area contributed by atoms with Gasteiger partial charge in [-0.2, -0.15) is 0 Å². The molecule has 1 fully saturated rings. The molecule has 0 aromatic heterocycles. The number of hydrogen-bond donors (Lipinski definition) is 3. The van der Waals surface area contributed by atoms with Crippen LogP contribution in [0.2, 0.25) is 18.1 Å². The van der Waals surface area contributed by atoms with Crippen LogP contribution >= 0.6 is 0 Å². The number of anilines is 2. The zero-order valence-electron chi connectivity index (χ0n) is 22.5. The molecule has 0 atom stereocenters.